The van der Waals surface area contributed by atoms with Gasteiger partial charge >= 0.3 is 15.6 Å². The maximum absolute atomic E-state index is 12.6. The number of ether oxygens (including phenoxy) is 2. The van der Waals surface area contributed by atoms with E-state index in [9.17, 15) is 38.7 Å². The Kier molecular flexibility index (Phi) is 8.03. The van der Waals surface area contributed by atoms with Gasteiger partial charge in [0.1, 0.15) is 30.5 Å². The number of aliphatic hydroxyl groups is 2. The molecule has 7 rings (SSSR count). The molecule has 0 aromatic carbocycles. The van der Waals surface area contributed by atoms with Crippen molar-refractivity contribution >= 4 is 59.4 Å². The number of aliphatic hydroxyl groups excluding tert-OH is 2. The first-order valence-electron chi connectivity index (χ1n) is 13.1. The average Bonchev–Trinajstić information content (AvgIpc) is 3.50. The number of phosphoric acid groups is 2. The highest BCUT2D eigenvalue weighted by Gasteiger charge is 2.47. The first kappa shape index (κ1) is 32.3. The summed E-state index contributed by atoms with van der Waals surface area (Å²) in [5.41, 5.74) is 9.65. The minimum absolute atomic E-state index is 0.0235. The van der Waals surface area contributed by atoms with Crippen LogP contribution in [0.3, 0.4) is 0 Å². The Morgan fingerprint density at radius 3 is 2.34 bits per heavy atom. The van der Waals surface area contributed by atoms with Crippen molar-refractivity contribution in [2.24, 2.45) is 9.98 Å². The SMILES string of the molecule is Nc1nc2c(c(=O)[nH]1)=N[C@H]1c3ssc3[C@@H](COP(=O)(O)OP(=O)(O)OC[C@H]3O[C@@H](n4cnc5c(=O)[nH]c(N)nc54)[C@H](O)[C@@H]3O)O[C@H]1N=2. The Morgan fingerprint density at radius 1 is 0.936 bits per heavy atom. The van der Waals surface area contributed by atoms with E-state index >= 15 is 0 Å². The fraction of sp³-hybridized carbons (Fsp3) is 0.450. The second-order valence-corrected chi connectivity index (χ2v) is 15.4. The molecule has 7 heterocycles. The highest BCUT2D eigenvalue weighted by atomic mass is 32.9. The molecule has 252 valence electrons. The summed E-state index contributed by atoms with van der Waals surface area (Å²) in [5.74, 6) is -0.430. The van der Waals surface area contributed by atoms with Crippen LogP contribution in [0.25, 0.3) is 11.2 Å². The molecule has 4 aromatic heterocycles. The smallest absolute Gasteiger partial charge is 0.387 e. The van der Waals surface area contributed by atoms with Crippen LogP contribution in [0.4, 0.5) is 11.9 Å². The first-order valence-corrected chi connectivity index (χ1v) is 18.3. The van der Waals surface area contributed by atoms with E-state index in [1.165, 1.54) is 20.7 Å². The molecule has 0 radical (unpaired) electrons. The van der Waals surface area contributed by atoms with Crippen LogP contribution >= 0.6 is 36.3 Å². The van der Waals surface area contributed by atoms with E-state index in [0.29, 0.717) is 9.75 Å². The second-order valence-electron chi connectivity index (χ2n) is 10.2. The zero-order valence-electron chi connectivity index (χ0n) is 23.0. The number of nitrogens with two attached hydrogens (primary N) is 2. The van der Waals surface area contributed by atoms with Crippen molar-refractivity contribution in [1.82, 2.24) is 29.5 Å². The van der Waals surface area contributed by atoms with Crippen LogP contribution in [0, 0.1) is 0 Å². The van der Waals surface area contributed by atoms with Gasteiger partial charge in [0.05, 0.1) is 29.3 Å². The van der Waals surface area contributed by atoms with Gasteiger partial charge in [-0.2, -0.15) is 14.3 Å². The van der Waals surface area contributed by atoms with Gasteiger partial charge in [0.25, 0.3) is 11.1 Å². The number of hydrogen-bond donors (Lipinski definition) is 8. The van der Waals surface area contributed by atoms with E-state index in [-0.39, 0.29) is 33.9 Å². The lowest BCUT2D eigenvalue weighted by molar-refractivity contribution is -0.0610. The minimum Gasteiger partial charge on any atom is -0.387 e. The first-order chi connectivity index (χ1) is 22.2. The summed E-state index contributed by atoms with van der Waals surface area (Å²) >= 11 is 0. The molecule has 0 spiro atoms. The largest absolute Gasteiger partial charge is 0.481 e. The second kappa shape index (κ2) is 11.7. The Hall–Kier alpha value is -3.29. The summed E-state index contributed by atoms with van der Waals surface area (Å²) in [6, 6.07) is -0.675. The molecule has 0 saturated carbocycles. The van der Waals surface area contributed by atoms with Crippen molar-refractivity contribution in [1.29, 1.82) is 0 Å². The van der Waals surface area contributed by atoms with E-state index in [1.807, 2.05) is 0 Å². The lowest BCUT2D eigenvalue weighted by Gasteiger charge is -2.35. The van der Waals surface area contributed by atoms with Gasteiger partial charge in [-0.15, -0.1) is 0 Å². The molecule has 47 heavy (non-hydrogen) atoms. The Bertz CT molecular complexity index is 2220. The maximum Gasteiger partial charge on any atom is 0.481 e. The molecular formula is C20H22N10O13P2S2. The molecule has 9 atom stereocenters. The monoisotopic (exact) mass is 736 g/mol. The Balaban J connectivity index is 0.978. The van der Waals surface area contributed by atoms with Gasteiger partial charge < -0.3 is 40.9 Å². The van der Waals surface area contributed by atoms with Crippen LogP contribution in [0.2, 0.25) is 0 Å². The quantitative estimate of drug-likeness (QED) is 0.0647. The van der Waals surface area contributed by atoms with Gasteiger partial charge in [0.2, 0.25) is 11.9 Å². The summed E-state index contributed by atoms with van der Waals surface area (Å²) in [7, 11) is -8.04. The van der Waals surface area contributed by atoms with Crippen LogP contribution in [0.5, 0.6) is 0 Å². The molecule has 4 aromatic rings. The summed E-state index contributed by atoms with van der Waals surface area (Å²) in [5, 5.41) is 21.0. The van der Waals surface area contributed by atoms with Crippen molar-refractivity contribution in [2.45, 2.75) is 42.9 Å². The van der Waals surface area contributed by atoms with Crippen molar-refractivity contribution in [3.8, 4) is 0 Å². The third-order valence-electron chi connectivity index (χ3n) is 7.07. The third kappa shape index (κ3) is 5.99. The molecule has 1 saturated heterocycles. The number of anilines is 2. The molecular weight excluding hydrogens is 714 g/mol. The third-order valence-corrected chi connectivity index (χ3v) is 12.5. The number of imidazole rings is 1. The lowest BCUT2D eigenvalue weighted by Crippen LogP contribution is -2.49. The van der Waals surface area contributed by atoms with Crippen LogP contribution in [0.1, 0.15) is 28.1 Å². The summed E-state index contributed by atoms with van der Waals surface area (Å²) in [6.45, 7) is -1.53. The van der Waals surface area contributed by atoms with Crippen LogP contribution < -0.4 is 33.4 Å². The van der Waals surface area contributed by atoms with Gasteiger partial charge in [-0.1, -0.05) is 20.7 Å². The van der Waals surface area contributed by atoms with E-state index in [0.717, 1.165) is 10.9 Å². The van der Waals surface area contributed by atoms with Crippen LogP contribution in [0.15, 0.2) is 25.9 Å². The average molecular weight is 737 g/mol. The van der Waals surface area contributed by atoms with Gasteiger partial charge in [0.15, 0.2) is 34.5 Å². The van der Waals surface area contributed by atoms with E-state index in [1.54, 1.807) is 0 Å². The molecule has 2 unspecified atom stereocenters. The number of aromatic amines is 2. The van der Waals surface area contributed by atoms with Crippen molar-refractivity contribution in [3.63, 3.8) is 0 Å². The van der Waals surface area contributed by atoms with Gasteiger partial charge in [0, 0.05) is 0 Å². The predicted octanol–water partition coefficient (Wildman–Crippen LogP) is -2.55. The topological polar surface area (TPSA) is 347 Å². The van der Waals surface area contributed by atoms with Gasteiger partial charge in [-0.05, 0) is 0 Å². The minimum atomic E-state index is -5.35. The molecule has 23 nitrogen and oxygen atoms in total. The molecule has 3 aliphatic heterocycles. The van der Waals surface area contributed by atoms with Crippen molar-refractivity contribution < 1.29 is 52.0 Å². The normalized spacial score (nSPS) is 29.2. The zero-order chi connectivity index (χ0) is 33.4. The number of nitrogen functional groups attached to an aromatic ring is 2. The zero-order valence-corrected chi connectivity index (χ0v) is 26.5. The standard InChI is InChI=1S/C20H22N10O13P2S2/c21-19-26-13-7(15(33)28-19)24-6-12-11(46-47-12)5(41-17(6)25-13)2-40-45(37,38)43-44(35,36)39-1-4-9(31)10(32)18(42-4)30-3-23-8-14(30)27-20(22)29-16(8)34/h3-6,9-10,17-18,31-32H,1-2H2,(H,35,36)(H,37,38)(H3,22,27,29,34)(H3,21,25,26,28,33)/t4-,5-,6+,9-,10-,17-,18-/m1/s1. The van der Waals surface area contributed by atoms with Crippen LogP contribution in [-0.2, 0) is 32.0 Å². The maximum atomic E-state index is 12.6. The molecule has 0 bridgehead atoms. The molecule has 3 aliphatic rings. The number of aromatic nitrogens is 6. The van der Waals surface area contributed by atoms with Gasteiger partial charge in [-0.25, -0.2) is 19.1 Å². The Morgan fingerprint density at radius 2 is 1.62 bits per heavy atom. The highest BCUT2D eigenvalue weighted by Crippen LogP contribution is 2.61. The Labute approximate surface area is 265 Å². The van der Waals surface area contributed by atoms with Crippen molar-refractivity contribution in [3.05, 3.63) is 47.6 Å². The van der Waals surface area contributed by atoms with Gasteiger partial charge in [-0.3, -0.25) is 38.2 Å². The number of rotatable bonds is 9. The molecule has 10 N–H and O–H groups in total. The highest BCUT2D eigenvalue weighted by molar-refractivity contribution is 7.72. The van der Waals surface area contributed by atoms with Crippen LogP contribution in [-0.4, -0.2) is 87.2 Å². The fourth-order valence-electron chi connectivity index (χ4n) is 4.99. The molecule has 1 fully saturated rings. The van der Waals surface area contributed by atoms with E-state index in [2.05, 4.69) is 39.2 Å². The number of nitrogens with zero attached hydrogens (tertiary/aromatic N) is 6. The summed E-state index contributed by atoms with van der Waals surface area (Å²) in [6.07, 6.45) is -7.04. The van der Waals surface area contributed by atoms with Crippen molar-refractivity contribution in [2.75, 3.05) is 24.7 Å². The number of hydrogen-bond acceptors (Lipinski definition) is 20. The molecule has 27 heteroatoms. The number of nitrogens with one attached hydrogen (secondary N) is 2. The lowest BCUT2D eigenvalue weighted by atomic mass is 10.1. The fourth-order valence-corrected chi connectivity index (χ4v) is 9.54. The summed E-state index contributed by atoms with van der Waals surface area (Å²) < 4.78 is 51.9. The van der Waals surface area contributed by atoms with E-state index in [4.69, 9.17) is 30.0 Å². The molecule has 0 aliphatic carbocycles. The summed E-state index contributed by atoms with van der Waals surface area (Å²) in [4.78, 5) is 71.0. The molecule has 0 amide bonds. The predicted molar refractivity (Wildman–Crippen MR) is 155 cm³/mol. The van der Waals surface area contributed by atoms with E-state index < -0.39 is 82.9 Å². The number of phosphoric ester groups is 2. The number of fused-ring (bicyclic) bond motifs is 5. The number of H-pyrrole nitrogens is 2.